The van der Waals surface area contributed by atoms with Gasteiger partial charge in [-0.05, 0) is 17.7 Å². The van der Waals surface area contributed by atoms with Crippen molar-refractivity contribution in [3.8, 4) is 11.5 Å². The molecule has 0 amide bonds. The first-order valence-electron chi connectivity index (χ1n) is 4.60. The number of phenolic OH excluding ortho intramolecular Hbond substituents is 1. The number of methoxy groups -OCH3 is 1. The van der Waals surface area contributed by atoms with Gasteiger partial charge in [-0.15, -0.1) is 0 Å². The van der Waals surface area contributed by atoms with Crippen LogP contribution in [-0.4, -0.2) is 29.6 Å². The Bertz CT molecular complexity index is 398. The molecule has 2 N–H and O–H groups in total. The smallest absolute Gasteiger partial charge is 0.217 e. The maximum Gasteiger partial charge on any atom is 0.217 e. The van der Waals surface area contributed by atoms with Gasteiger partial charge in [0, 0.05) is 6.42 Å². The average molecular weight is 208 g/mol. The molecule has 1 aliphatic rings. The van der Waals surface area contributed by atoms with E-state index < -0.39 is 5.66 Å². The van der Waals surface area contributed by atoms with Crippen molar-refractivity contribution in [3.63, 3.8) is 0 Å². The van der Waals surface area contributed by atoms with Gasteiger partial charge in [-0.3, -0.25) is 0 Å². The second-order valence-electron chi connectivity index (χ2n) is 3.52. The van der Waals surface area contributed by atoms with E-state index >= 15 is 0 Å². The van der Waals surface area contributed by atoms with Gasteiger partial charge in [-0.1, -0.05) is 6.07 Å². The fourth-order valence-electron chi connectivity index (χ4n) is 1.42. The van der Waals surface area contributed by atoms with Crippen molar-refractivity contribution in [1.82, 2.24) is 0 Å². The lowest BCUT2D eigenvalue weighted by Gasteiger charge is -2.09. The highest BCUT2D eigenvalue weighted by Crippen LogP contribution is 2.34. The number of ether oxygens (including phenoxy) is 1. The summed E-state index contributed by atoms with van der Waals surface area (Å²) in [5, 5.41) is 26.0. The Hall–Kier alpha value is -1.62. The summed E-state index contributed by atoms with van der Waals surface area (Å²) < 4.78 is 4.98. The zero-order valence-corrected chi connectivity index (χ0v) is 8.34. The number of aliphatic hydroxyl groups excluding tert-OH is 1. The maximum absolute atomic E-state index is 9.38. The lowest BCUT2D eigenvalue weighted by atomic mass is 10.0. The quantitative estimate of drug-likeness (QED) is 0.778. The molecule has 80 valence electrons. The maximum atomic E-state index is 9.38. The molecule has 0 bridgehead atoms. The summed E-state index contributed by atoms with van der Waals surface area (Å²) in [5.41, 5.74) is 0.269. The van der Waals surface area contributed by atoms with Gasteiger partial charge in [0.25, 0.3) is 0 Å². The lowest BCUT2D eigenvalue weighted by Crippen LogP contribution is -2.19. The number of aromatic hydroxyl groups is 1. The molecule has 0 saturated heterocycles. The Kier molecular flexibility index (Phi) is 2.32. The number of aliphatic hydroxyl groups is 1. The Morgan fingerprint density at radius 1 is 1.40 bits per heavy atom. The summed E-state index contributed by atoms with van der Waals surface area (Å²) in [4.78, 5) is 0. The third kappa shape index (κ3) is 1.92. The average Bonchev–Trinajstić information content (AvgIpc) is 3.02. The Morgan fingerprint density at radius 2 is 2.13 bits per heavy atom. The fourth-order valence-corrected chi connectivity index (χ4v) is 1.42. The highest BCUT2D eigenvalue weighted by Gasteiger charge is 2.39. The standard InChI is InChI=1S/C10H12N2O3/c1-15-9-4-7(2-3-8(9)14)5-10(6-13)11-12-10/h2-4,13-14H,5-6H2,1H3. The molecule has 2 rings (SSSR count). The molecule has 1 aliphatic heterocycles. The zero-order valence-electron chi connectivity index (χ0n) is 8.34. The highest BCUT2D eigenvalue weighted by molar-refractivity contribution is 5.42. The van der Waals surface area contributed by atoms with Crippen LogP contribution in [0.25, 0.3) is 0 Å². The summed E-state index contributed by atoms with van der Waals surface area (Å²) in [7, 11) is 1.49. The third-order valence-electron chi connectivity index (χ3n) is 2.37. The van der Waals surface area contributed by atoms with Crippen molar-refractivity contribution in [2.45, 2.75) is 12.1 Å². The van der Waals surface area contributed by atoms with Gasteiger partial charge in [0.15, 0.2) is 11.5 Å². The molecule has 1 aromatic rings. The van der Waals surface area contributed by atoms with Gasteiger partial charge < -0.3 is 14.9 Å². The minimum Gasteiger partial charge on any atom is -0.504 e. The van der Waals surface area contributed by atoms with Crippen LogP contribution in [0.2, 0.25) is 0 Å². The Labute approximate surface area is 87.0 Å². The summed E-state index contributed by atoms with van der Waals surface area (Å²) in [6.45, 7) is -0.0871. The lowest BCUT2D eigenvalue weighted by molar-refractivity contribution is 0.243. The van der Waals surface area contributed by atoms with Crippen LogP contribution >= 0.6 is 0 Å². The minimum atomic E-state index is -0.651. The zero-order chi connectivity index (χ0) is 10.9. The minimum absolute atomic E-state index is 0.0871. The molecule has 0 unspecified atom stereocenters. The van der Waals surface area contributed by atoms with E-state index in [1.165, 1.54) is 7.11 Å². The van der Waals surface area contributed by atoms with Crippen molar-refractivity contribution < 1.29 is 14.9 Å². The van der Waals surface area contributed by atoms with Crippen LogP contribution in [0.15, 0.2) is 28.4 Å². The van der Waals surface area contributed by atoms with Crippen molar-refractivity contribution >= 4 is 0 Å². The van der Waals surface area contributed by atoms with Crippen molar-refractivity contribution in [2.75, 3.05) is 13.7 Å². The molecule has 0 aliphatic carbocycles. The van der Waals surface area contributed by atoms with E-state index in [0.29, 0.717) is 12.2 Å². The topological polar surface area (TPSA) is 74.4 Å². The Morgan fingerprint density at radius 3 is 2.67 bits per heavy atom. The molecule has 0 spiro atoms. The first kappa shape index (κ1) is 9.92. The van der Waals surface area contributed by atoms with Crippen LogP contribution in [-0.2, 0) is 6.42 Å². The van der Waals surface area contributed by atoms with E-state index in [4.69, 9.17) is 9.84 Å². The van der Waals surface area contributed by atoms with Gasteiger partial charge in [0.2, 0.25) is 5.66 Å². The summed E-state index contributed by atoms with van der Waals surface area (Å²) >= 11 is 0. The van der Waals surface area contributed by atoms with Gasteiger partial charge in [0.05, 0.1) is 13.7 Å². The largest absolute Gasteiger partial charge is 0.504 e. The first-order valence-corrected chi connectivity index (χ1v) is 4.60. The second kappa shape index (κ2) is 3.51. The Balaban J connectivity index is 2.15. The summed E-state index contributed by atoms with van der Waals surface area (Å²) in [6, 6.07) is 5.04. The van der Waals surface area contributed by atoms with E-state index in [1.54, 1.807) is 18.2 Å². The molecule has 0 aromatic heterocycles. The molecule has 0 radical (unpaired) electrons. The van der Waals surface area contributed by atoms with E-state index in [1.807, 2.05) is 0 Å². The van der Waals surface area contributed by atoms with Crippen LogP contribution in [0.1, 0.15) is 5.56 Å². The van der Waals surface area contributed by atoms with Crippen LogP contribution in [0.4, 0.5) is 0 Å². The van der Waals surface area contributed by atoms with Gasteiger partial charge in [-0.25, -0.2) is 0 Å². The SMILES string of the molecule is COc1cc(CC2(CO)N=N2)ccc1O. The number of hydrogen-bond donors (Lipinski definition) is 2. The van der Waals surface area contributed by atoms with Gasteiger partial charge >= 0.3 is 0 Å². The van der Waals surface area contributed by atoms with Crippen LogP contribution < -0.4 is 4.74 Å². The van der Waals surface area contributed by atoms with E-state index in [9.17, 15) is 5.11 Å². The second-order valence-corrected chi connectivity index (χ2v) is 3.52. The molecule has 1 heterocycles. The van der Waals surface area contributed by atoms with Crippen LogP contribution in [0, 0.1) is 0 Å². The van der Waals surface area contributed by atoms with Gasteiger partial charge in [-0.2, -0.15) is 10.2 Å². The number of hydrogen-bond acceptors (Lipinski definition) is 5. The monoisotopic (exact) mass is 208 g/mol. The molecule has 0 saturated carbocycles. The van der Waals surface area contributed by atoms with Crippen LogP contribution in [0.5, 0.6) is 11.5 Å². The van der Waals surface area contributed by atoms with E-state index in [0.717, 1.165) is 5.56 Å². The van der Waals surface area contributed by atoms with Crippen molar-refractivity contribution in [1.29, 1.82) is 0 Å². The number of rotatable bonds is 4. The van der Waals surface area contributed by atoms with E-state index in [-0.39, 0.29) is 12.4 Å². The highest BCUT2D eigenvalue weighted by atomic mass is 16.5. The molecule has 5 nitrogen and oxygen atoms in total. The normalized spacial score (nSPS) is 16.4. The predicted molar refractivity (Wildman–Crippen MR) is 53.0 cm³/mol. The molecular weight excluding hydrogens is 196 g/mol. The molecule has 1 aromatic carbocycles. The predicted octanol–water partition coefficient (Wildman–Crippen LogP) is 1.10. The molecule has 0 atom stereocenters. The third-order valence-corrected chi connectivity index (χ3v) is 2.37. The first-order chi connectivity index (χ1) is 7.19. The number of nitrogens with zero attached hydrogens (tertiary/aromatic N) is 2. The van der Waals surface area contributed by atoms with E-state index in [2.05, 4.69) is 10.2 Å². The summed E-state index contributed by atoms with van der Waals surface area (Å²) in [6.07, 6.45) is 0.528. The molecule has 5 heteroatoms. The van der Waals surface area contributed by atoms with Crippen molar-refractivity contribution in [2.24, 2.45) is 10.2 Å². The molecule has 0 fully saturated rings. The van der Waals surface area contributed by atoms with Crippen molar-refractivity contribution in [3.05, 3.63) is 23.8 Å². The fraction of sp³-hybridized carbons (Fsp3) is 0.400. The molecular formula is C10H12N2O3. The summed E-state index contributed by atoms with van der Waals surface area (Å²) in [5.74, 6) is 0.519. The van der Waals surface area contributed by atoms with Gasteiger partial charge in [0.1, 0.15) is 0 Å². The number of phenols is 1. The molecule has 15 heavy (non-hydrogen) atoms. The number of benzene rings is 1. The van der Waals surface area contributed by atoms with Crippen LogP contribution in [0.3, 0.4) is 0 Å².